The van der Waals surface area contributed by atoms with Gasteiger partial charge in [0, 0.05) is 6.54 Å². The summed E-state index contributed by atoms with van der Waals surface area (Å²) in [6.45, 7) is 1.91. The van der Waals surface area contributed by atoms with Crippen LogP contribution in [-0.2, 0) is 19.6 Å². The molecule has 2 N–H and O–H groups in total. The predicted molar refractivity (Wildman–Crippen MR) is 81.1 cm³/mol. The summed E-state index contributed by atoms with van der Waals surface area (Å²) < 4.78 is 26.4. The number of rotatable bonds is 6. The van der Waals surface area contributed by atoms with Gasteiger partial charge >= 0.3 is 5.97 Å². The number of hydrogen-bond acceptors (Lipinski definition) is 5. The summed E-state index contributed by atoms with van der Waals surface area (Å²) in [7, 11) is -3.71. The van der Waals surface area contributed by atoms with E-state index in [0.717, 1.165) is 11.3 Å². The number of hydrogen-bond donors (Lipinski definition) is 2. The van der Waals surface area contributed by atoms with E-state index in [1.54, 1.807) is 18.4 Å². The van der Waals surface area contributed by atoms with Crippen molar-refractivity contribution in [2.45, 2.75) is 42.5 Å². The first-order chi connectivity index (χ1) is 10.4. The standard InChI is InChI=1S/C13H18N2O5S2/c1-2-9(13(17)18)14-12(16)10-5-3-7-15(10)22(19,20)11-6-4-8-21-11/h4,6,8-10H,2-3,5,7H2,1H3,(H,14,16)(H,17,18). The van der Waals surface area contributed by atoms with Crippen LogP contribution in [0.5, 0.6) is 0 Å². The Hall–Kier alpha value is -1.45. The van der Waals surface area contributed by atoms with Gasteiger partial charge in [0.15, 0.2) is 0 Å². The molecule has 1 fully saturated rings. The zero-order chi connectivity index (χ0) is 16.3. The van der Waals surface area contributed by atoms with Crippen LogP contribution in [0, 0.1) is 0 Å². The fraction of sp³-hybridized carbons (Fsp3) is 0.538. The zero-order valence-corrected chi connectivity index (χ0v) is 13.7. The Bertz CT molecular complexity index is 641. The molecule has 22 heavy (non-hydrogen) atoms. The average Bonchev–Trinajstić information content (AvgIpc) is 3.14. The van der Waals surface area contributed by atoms with Crippen LogP contribution in [0.4, 0.5) is 0 Å². The molecule has 2 unspecified atom stereocenters. The minimum atomic E-state index is -3.71. The van der Waals surface area contributed by atoms with E-state index >= 15 is 0 Å². The molecule has 2 heterocycles. The fourth-order valence-electron chi connectivity index (χ4n) is 2.42. The molecule has 2 rings (SSSR count). The van der Waals surface area contributed by atoms with Gasteiger partial charge in [-0.3, -0.25) is 4.79 Å². The third kappa shape index (κ3) is 3.31. The number of thiophene rings is 1. The first-order valence-electron chi connectivity index (χ1n) is 6.96. The number of sulfonamides is 1. The maximum atomic E-state index is 12.5. The van der Waals surface area contributed by atoms with Crippen LogP contribution in [0.2, 0.25) is 0 Å². The van der Waals surface area contributed by atoms with Gasteiger partial charge in [0.2, 0.25) is 5.91 Å². The van der Waals surface area contributed by atoms with Gasteiger partial charge in [-0.25, -0.2) is 13.2 Å². The normalized spacial score (nSPS) is 20.7. The molecule has 2 atom stereocenters. The van der Waals surface area contributed by atoms with Crippen LogP contribution in [0.25, 0.3) is 0 Å². The Balaban J connectivity index is 2.17. The summed E-state index contributed by atoms with van der Waals surface area (Å²) in [5.74, 6) is -1.67. The van der Waals surface area contributed by atoms with Crippen molar-refractivity contribution in [2.75, 3.05) is 6.54 Å². The van der Waals surface area contributed by atoms with Gasteiger partial charge in [0.1, 0.15) is 16.3 Å². The fourth-order valence-corrected chi connectivity index (χ4v) is 5.20. The van der Waals surface area contributed by atoms with E-state index < -0.39 is 34.0 Å². The highest BCUT2D eigenvalue weighted by atomic mass is 32.2. The minimum absolute atomic E-state index is 0.192. The molecule has 1 saturated heterocycles. The molecule has 1 aliphatic heterocycles. The number of nitrogens with zero attached hydrogens (tertiary/aromatic N) is 1. The molecule has 0 bridgehead atoms. The first kappa shape index (κ1) is 16.9. The number of carbonyl (C=O) groups is 2. The highest BCUT2D eigenvalue weighted by Crippen LogP contribution is 2.28. The molecule has 0 saturated carbocycles. The monoisotopic (exact) mass is 346 g/mol. The van der Waals surface area contributed by atoms with E-state index in [4.69, 9.17) is 5.11 Å². The van der Waals surface area contributed by atoms with Crippen molar-refractivity contribution in [1.82, 2.24) is 9.62 Å². The number of carboxylic acids is 1. The summed E-state index contributed by atoms with van der Waals surface area (Å²) in [6, 6.07) is 1.29. The van der Waals surface area contributed by atoms with E-state index in [1.807, 2.05) is 0 Å². The topological polar surface area (TPSA) is 104 Å². The van der Waals surface area contributed by atoms with Gasteiger partial charge in [0.25, 0.3) is 10.0 Å². The first-order valence-corrected chi connectivity index (χ1v) is 9.28. The molecule has 122 valence electrons. The second kappa shape index (κ2) is 6.76. The van der Waals surface area contributed by atoms with Gasteiger partial charge < -0.3 is 10.4 Å². The van der Waals surface area contributed by atoms with Gasteiger partial charge in [-0.05, 0) is 30.7 Å². The van der Waals surface area contributed by atoms with E-state index in [0.29, 0.717) is 12.8 Å². The molecule has 0 radical (unpaired) electrons. The largest absolute Gasteiger partial charge is 0.480 e. The number of carboxylic acid groups (broad SMARTS) is 1. The average molecular weight is 346 g/mol. The predicted octanol–water partition coefficient (Wildman–Crippen LogP) is 0.881. The van der Waals surface area contributed by atoms with Crippen molar-refractivity contribution in [2.24, 2.45) is 0 Å². The lowest BCUT2D eigenvalue weighted by molar-refractivity contribution is -0.142. The third-order valence-corrected chi connectivity index (χ3v) is 6.87. The smallest absolute Gasteiger partial charge is 0.326 e. The van der Waals surface area contributed by atoms with Crippen molar-refractivity contribution < 1.29 is 23.1 Å². The highest BCUT2D eigenvalue weighted by molar-refractivity contribution is 7.91. The molecule has 1 amide bonds. The Morgan fingerprint density at radius 3 is 2.82 bits per heavy atom. The number of amides is 1. The molecule has 1 aromatic heterocycles. The second-order valence-electron chi connectivity index (χ2n) is 5.01. The summed E-state index contributed by atoms with van der Waals surface area (Å²) in [5.41, 5.74) is 0. The Morgan fingerprint density at radius 1 is 1.55 bits per heavy atom. The van der Waals surface area contributed by atoms with Gasteiger partial charge in [-0.1, -0.05) is 13.0 Å². The highest BCUT2D eigenvalue weighted by Gasteiger charge is 2.40. The molecule has 0 spiro atoms. The van der Waals surface area contributed by atoms with E-state index in [9.17, 15) is 18.0 Å². The van der Waals surface area contributed by atoms with Crippen molar-refractivity contribution in [3.05, 3.63) is 17.5 Å². The molecule has 1 aromatic rings. The summed E-state index contributed by atoms with van der Waals surface area (Å²) >= 11 is 1.10. The van der Waals surface area contributed by atoms with Crippen LogP contribution < -0.4 is 5.32 Å². The maximum absolute atomic E-state index is 12.5. The molecule has 1 aliphatic rings. The van der Waals surface area contributed by atoms with Crippen molar-refractivity contribution >= 4 is 33.2 Å². The zero-order valence-electron chi connectivity index (χ0n) is 12.1. The van der Waals surface area contributed by atoms with E-state index in [2.05, 4.69) is 5.32 Å². The SMILES string of the molecule is CCC(NC(=O)C1CCCN1S(=O)(=O)c1cccs1)C(=O)O. The lowest BCUT2D eigenvalue weighted by Gasteiger charge is -2.24. The van der Waals surface area contributed by atoms with E-state index in [-0.39, 0.29) is 17.2 Å². The summed E-state index contributed by atoms with van der Waals surface area (Å²) in [5, 5.41) is 13.1. The minimum Gasteiger partial charge on any atom is -0.480 e. The van der Waals surface area contributed by atoms with Crippen LogP contribution in [0.3, 0.4) is 0 Å². The van der Waals surface area contributed by atoms with Gasteiger partial charge in [0.05, 0.1) is 0 Å². The molecule has 0 aliphatic carbocycles. The Kier molecular flexibility index (Phi) is 5.20. The van der Waals surface area contributed by atoms with Crippen LogP contribution in [0.15, 0.2) is 21.7 Å². The Morgan fingerprint density at radius 2 is 2.27 bits per heavy atom. The number of nitrogens with one attached hydrogen (secondary N) is 1. The van der Waals surface area contributed by atoms with Gasteiger partial charge in [-0.2, -0.15) is 4.31 Å². The lowest BCUT2D eigenvalue weighted by atomic mass is 10.2. The van der Waals surface area contributed by atoms with E-state index in [1.165, 1.54) is 10.4 Å². The Labute approximate surface area is 133 Å². The molecular weight excluding hydrogens is 328 g/mol. The van der Waals surface area contributed by atoms with Crippen molar-refractivity contribution in [1.29, 1.82) is 0 Å². The lowest BCUT2D eigenvalue weighted by Crippen LogP contribution is -2.50. The van der Waals surface area contributed by atoms with Crippen LogP contribution in [-0.4, -0.2) is 48.3 Å². The molecular formula is C13H18N2O5S2. The summed E-state index contributed by atoms with van der Waals surface area (Å²) in [4.78, 5) is 23.3. The van der Waals surface area contributed by atoms with Crippen molar-refractivity contribution in [3.8, 4) is 0 Å². The second-order valence-corrected chi connectivity index (χ2v) is 8.08. The number of carbonyl (C=O) groups excluding carboxylic acids is 1. The third-order valence-electron chi connectivity index (χ3n) is 3.59. The quantitative estimate of drug-likeness (QED) is 0.796. The molecule has 7 nitrogen and oxygen atoms in total. The van der Waals surface area contributed by atoms with Crippen molar-refractivity contribution in [3.63, 3.8) is 0 Å². The summed E-state index contributed by atoms with van der Waals surface area (Å²) in [6.07, 6.45) is 1.21. The maximum Gasteiger partial charge on any atom is 0.326 e. The van der Waals surface area contributed by atoms with Crippen LogP contribution in [0.1, 0.15) is 26.2 Å². The number of aliphatic carboxylic acids is 1. The van der Waals surface area contributed by atoms with Crippen LogP contribution >= 0.6 is 11.3 Å². The molecule has 9 heteroatoms. The molecule has 0 aromatic carbocycles. The van der Waals surface area contributed by atoms with Gasteiger partial charge in [-0.15, -0.1) is 11.3 Å².